The number of sulfonamides is 1. The van der Waals surface area contributed by atoms with Crippen LogP contribution in [0.25, 0.3) is 0 Å². The van der Waals surface area contributed by atoms with Crippen LogP contribution in [0.1, 0.15) is 13.8 Å². The van der Waals surface area contributed by atoms with E-state index in [2.05, 4.69) is 15.3 Å². The van der Waals surface area contributed by atoms with Gasteiger partial charge in [0.2, 0.25) is 10.0 Å². The van der Waals surface area contributed by atoms with Crippen LogP contribution in [-0.2, 0) is 14.9 Å². The number of carbonyl (C=O) groups is 1. The largest absolute Gasteiger partial charge is 0.437 e. The maximum absolute atomic E-state index is 11.4. The Morgan fingerprint density at radius 3 is 2.35 bits per heavy atom. The van der Waals surface area contributed by atoms with Gasteiger partial charge in [-0.25, -0.2) is 18.4 Å². The number of benzene rings is 1. The van der Waals surface area contributed by atoms with Gasteiger partial charge >= 0.3 is 6.09 Å². The molecule has 0 unspecified atom stereocenters. The van der Waals surface area contributed by atoms with Crippen molar-refractivity contribution in [3.8, 4) is 0 Å². The van der Waals surface area contributed by atoms with Crippen LogP contribution in [0.15, 0.2) is 34.3 Å². The van der Waals surface area contributed by atoms with Crippen LogP contribution in [0.3, 0.4) is 0 Å². The number of anilines is 1. The predicted molar refractivity (Wildman–Crippen MR) is 76.0 cm³/mol. The van der Waals surface area contributed by atoms with Gasteiger partial charge in [0, 0.05) is 11.6 Å². The van der Waals surface area contributed by atoms with E-state index in [0.29, 0.717) is 5.69 Å². The first kappa shape index (κ1) is 16.4. The zero-order valence-electron chi connectivity index (χ0n) is 10.8. The van der Waals surface area contributed by atoms with E-state index in [1.807, 2.05) is 0 Å². The lowest BCUT2D eigenvalue weighted by molar-refractivity contribution is 0.166. The summed E-state index contributed by atoms with van der Waals surface area (Å²) >= 11 is 5.70. The quantitative estimate of drug-likeness (QED) is 0.503. The molecule has 1 aromatic carbocycles. The number of primary sulfonamides is 1. The number of halogens is 1. The highest BCUT2D eigenvalue weighted by Gasteiger charge is 2.09. The SMILES string of the molecule is CC(C)C(Cl)=NOC(=O)Nc1ccc(S(N)(=O)=O)cc1. The van der Waals surface area contributed by atoms with Gasteiger partial charge in [0.1, 0.15) is 5.17 Å². The minimum absolute atomic E-state index is 0.0569. The van der Waals surface area contributed by atoms with Crippen LogP contribution in [0.2, 0.25) is 0 Å². The first-order valence-corrected chi connectivity index (χ1v) is 7.47. The number of oxime groups is 1. The van der Waals surface area contributed by atoms with E-state index < -0.39 is 16.1 Å². The lowest BCUT2D eigenvalue weighted by Crippen LogP contribution is -2.14. The lowest BCUT2D eigenvalue weighted by atomic mass is 10.2. The van der Waals surface area contributed by atoms with Gasteiger partial charge in [-0.15, -0.1) is 0 Å². The zero-order valence-corrected chi connectivity index (χ0v) is 12.4. The molecule has 3 N–H and O–H groups in total. The number of rotatable bonds is 4. The molecule has 0 aliphatic rings. The topological polar surface area (TPSA) is 111 Å². The summed E-state index contributed by atoms with van der Waals surface area (Å²) < 4.78 is 22.1. The lowest BCUT2D eigenvalue weighted by Gasteiger charge is -2.05. The van der Waals surface area contributed by atoms with E-state index >= 15 is 0 Å². The van der Waals surface area contributed by atoms with Crippen LogP contribution in [0, 0.1) is 5.92 Å². The van der Waals surface area contributed by atoms with Gasteiger partial charge in [0.05, 0.1) is 4.90 Å². The second-order valence-electron chi connectivity index (χ2n) is 4.14. The Kier molecular flexibility index (Phi) is 5.49. The third kappa shape index (κ3) is 5.16. The molecule has 0 aromatic heterocycles. The second-order valence-corrected chi connectivity index (χ2v) is 6.09. The van der Waals surface area contributed by atoms with Crippen molar-refractivity contribution < 1.29 is 18.0 Å². The molecule has 0 heterocycles. The van der Waals surface area contributed by atoms with Gasteiger partial charge < -0.3 is 0 Å². The molecule has 0 bridgehead atoms. The number of hydrogen-bond donors (Lipinski definition) is 2. The second kappa shape index (κ2) is 6.69. The normalized spacial score (nSPS) is 12.3. The van der Waals surface area contributed by atoms with Crippen molar-refractivity contribution >= 4 is 38.6 Å². The monoisotopic (exact) mass is 319 g/mol. The number of carbonyl (C=O) groups excluding carboxylic acids is 1. The predicted octanol–water partition coefficient (Wildman–Crippen LogP) is 2.09. The molecule has 20 heavy (non-hydrogen) atoms. The summed E-state index contributed by atoms with van der Waals surface area (Å²) in [4.78, 5) is 15.9. The molecule has 9 heteroatoms. The number of nitrogens with two attached hydrogens (primary N) is 1. The molecule has 0 atom stereocenters. The van der Waals surface area contributed by atoms with Crippen molar-refractivity contribution in [1.82, 2.24) is 0 Å². The maximum Gasteiger partial charge on any atom is 0.437 e. The summed E-state index contributed by atoms with van der Waals surface area (Å²) in [6.45, 7) is 3.58. The average Bonchev–Trinajstić information content (AvgIpc) is 2.35. The molecule has 110 valence electrons. The molecule has 0 saturated heterocycles. The van der Waals surface area contributed by atoms with Crippen molar-refractivity contribution in [1.29, 1.82) is 0 Å². The molecule has 0 aliphatic carbocycles. The van der Waals surface area contributed by atoms with Gasteiger partial charge in [-0.3, -0.25) is 10.2 Å². The van der Waals surface area contributed by atoms with Crippen LogP contribution < -0.4 is 10.5 Å². The van der Waals surface area contributed by atoms with E-state index in [1.165, 1.54) is 24.3 Å². The minimum atomic E-state index is -3.76. The molecule has 1 amide bonds. The molecule has 0 spiro atoms. The molecular weight excluding hydrogens is 306 g/mol. The van der Waals surface area contributed by atoms with Crippen LogP contribution in [0.4, 0.5) is 10.5 Å². The molecule has 1 aromatic rings. The van der Waals surface area contributed by atoms with Crippen molar-refractivity contribution in [2.75, 3.05) is 5.32 Å². The summed E-state index contributed by atoms with van der Waals surface area (Å²) in [5.74, 6) is -0.0569. The van der Waals surface area contributed by atoms with E-state index in [-0.39, 0.29) is 16.0 Å². The number of amides is 1. The average molecular weight is 320 g/mol. The van der Waals surface area contributed by atoms with Gasteiger partial charge in [0.25, 0.3) is 0 Å². The highest BCUT2D eigenvalue weighted by Crippen LogP contribution is 2.13. The van der Waals surface area contributed by atoms with Gasteiger partial charge in [-0.1, -0.05) is 30.6 Å². The highest BCUT2D eigenvalue weighted by atomic mass is 35.5. The van der Waals surface area contributed by atoms with Crippen LogP contribution in [0.5, 0.6) is 0 Å². The van der Waals surface area contributed by atoms with Gasteiger partial charge in [-0.05, 0) is 24.3 Å². The summed E-state index contributed by atoms with van der Waals surface area (Å²) in [5, 5.41) is 10.9. The third-order valence-electron chi connectivity index (χ3n) is 2.12. The van der Waals surface area contributed by atoms with Crippen LogP contribution in [-0.4, -0.2) is 19.7 Å². The third-order valence-corrected chi connectivity index (χ3v) is 3.56. The molecule has 0 fully saturated rings. The Balaban J connectivity index is 2.66. The van der Waals surface area contributed by atoms with Crippen molar-refractivity contribution in [2.45, 2.75) is 18.7 Å². The van der Waals surface area contributed by atoms with Crippen LogP contribution >= 0.6 is 11.6 Å². The standard InChI is InChI=1S/C11H14ClN3O4S/c1-7(2)10(12)15-19-11(16)14-8-3-5-9(6-4-8)20(13,17)18/h3-7H,1-2H3,(H,14,16)(H2,13,17,18). The summed E-state index contributed by atoms with van der Waals surface area (Å²) in [7, 11) is -3.76. The number of nitrogens with zero attached hydrogens (tertiary/aromatic N) is 1. The first-order chi connectivity index (χ1) is 9.20. The first-order valence-electron chi connectivity index (χ1n) is 5.54. The zero-order chi connectivity index (χ0) is 15.3. The summed E-state index contributed by atoms with van der Waals surface area (Å²) in [6, 6.07) is 5.26. The molecule has 1 rings (SSSR count). The summed E-state index contributed by atoms with van der Waals surface area (Å²) in [5.41, 5.74) is 0.332. The number of hydrogen-bond acceptors (Lipinski definition) is 5. The maximum atomic E-state index is 11.4. The molecular formula is C11H14ClN3O4S. The van der Waals surface area contributed by atoms with E-state index in [4.69, 9.17) is 16.7 Å². The Hall–Kier alpha value is -1.64. The number of nitrogens with one attached hydrogen (secondary N) is 1. The smallest absolute Gasteiger partial charge is 0.297 e. The molecule has 0 aliphatic heterocycles. The van der Waals surface area contributed by atoms with Gasteiger partial charge in [-0.2, -0.15) is 0 Å². The fourth-order valence-electron chi connectivity index (χ4n) is 1.06. The Morgan fingerprint density at radius 1 is 1.35 bits per heavy atom. The fraction of sp³-hybridized carbons (Fsp3) is 0.273. The minimum Gasteiger partial charge on any atom is -0.297 e. The molecule has 0 radical (unpaired) electrons. The fourth-order valence-corrected chi connectivity index (χ4v) is 1.61. The van der Waals surface area contributed by atoms with Crippen molar-refractivity contribution in [2.24, 2.45) is 16.2 Å². The van der Waals surface area contributed by atoms with E-state index in [1.54, 1.807) is 13.8 Å². The highest BCUT2D eigenvalue weighted by molar-refractivity contribution is 7.89. The Bertz CT molecular complexity index is 611. The molecule has 0 saturated carbocycles. The van der Waals surface area contributed by atoms with Crippen molar-refractivity contribution in [3.05, 3.63) is 24.3 Å². The van der Waals surface area contributed by atoms with Gasteiger partial charge in [0.15, 0.2) is 0 Å². The Morgan fingerprint density at radius 2 is 1.90 bits per heavy atom. The molecule has 7 nitrogen and oxygen atoms in total. The summed E-state index contributed by atoms with van der Waals surface area (Å²) in [6.07, 6.45) is -0.841. The van der Waals surface area contributed by atoms with E-state index in [0.717, 1.165) is 0 Å². The Labute approximate surface area is 121 Å². The van der Waals surface area contributed by atoms with E-state index in [9.17, 15) is 13.2 Å². The van der Waals surface area contributed by atoms with Crippen molar-refractivity contribution in [3.63, 3.8) is 0 Å².